The second-order valence-corrected chi connectivity index (χ2v) is 19.5. The highest BCUT2D eigenvalue weighted by Gasteiger charge is 2.58. The molecule has 9 rings (SSSR count). The maximum atomic E-state index is 15.1. The molecule has 17 nitrogen and oxygen atoms in total. The molecule has 1 fully saturated rings. The van der Waals surface area contributed by atoms with Gasteiger partial charge in [0, 0.05) is 16.5 Å². The maximum Gasteiger partial charge on any atom is 0.280 e. The lowest BCUT2D eigenvalue weighted by Gasteiger charge is -2.33. The molecule has 384 valence electrons. The molecule has 0 spiro atoms. The van der Waals surface area contributed by atoms with Gasteiger partial charge in [-0.1, -0.05) is 108 Å². The Morgan fingerprint density at radius 1 is 0.877 bits per heavy atom. The summed E-state index contributed by atoms with van der Waals surface area (Å²) >= 11 is 29.8. The molecule has 3 N–H and O–H groups in total. The van der Waals surface area contributed by atoms with Crippen LogP contribution in [0.3, 0.4) is 0 Å². The van der Waals surface area contributed by atoms with Gasteiger partial charge >= 0.3 is 0 Å². The van der Waals surface area contributed by atoms with E-state index in [2.05, 4.69) is 40.4 Å². The number of halogens is 5. The topological polar surface area (TPSA) is 201 Å². The first-order valence-electron chi connectivity index (χ1n) is 22.8. The molecule has 7 aromatic rings. The van der Waals surface area contributed by atoms with Crippen LogP contribution in [0.15, 0.2) is 133 Å². The van der Waals surface area contributed by atoms with E-state index in [-0.39, 0.29) is 53.9 Å². The highest BCUT2D eigenvalue weighted by atomic mass is 35.5. The summed E-state index contributed by atoms with van der Waals surface area (Å²) in [4.78, 5) is 25.0. The number of ether oxygens (including phenoxy) is 3. The van der Waals surface area contributed by atoms with Crippen molar-refractivity contribution in [3.63, 3.8) is 0 Å². The average Bonchev–Trinajstić information content (AvgIpc) is 3.72. The van der Waals surface area contributed by atoms with Crippen molar-refractivity contribution in [2.75, 3.05) is 20.3 Å². The molecule has 0 saturated heterocycles. The molecule has 23 heteroatoms. The maximum absolute atomic E-state index is 15.1. The molecule has 0 radical (unpaired) electrons. The standard InChI is InChI=1S/C21H16ClFN4O5.C15H20ClN3O.C14H15Cl2N3OS/c1-28-26-18(21-27-30-11-10-29-21)13-6-2-4-8-15(13)31-19-17(23)20(25-12-24-19)32-16-9-5-3-7-14(16)22;1-12(2)15(20,9-19-11-17-10-18-19)8-7-13-3-5-14(16)6-4-13;15-11-4-2-1-3-10(11)7-14(20,13(16)5-6-13)8-19-12(21)17-9-18-19/h2-9,12H,10-11H2,1H3;3-6,10-12,20H,7-9H2,1-2H3;1-4,9,20H,5-8H2,(H,17,18,21)/b26-18-;;. The van der Waals surface area contributed by atoms with Gasteiger partial charge in [-0.3, -0.25) is 14.5 Å². The predicted octanol–water partition coefficient (Wildman–Crippen LogP) is 10.9. The summed E-state index contributed by atoms with van der Waals surface area (Å²) in [5.41, 5.74) is 0.721. The van der Waals surface area contributed by atoms with E-state index in [1.807, 2.05) is 62.4 Å². The highest BCUT2D eigenvalue weighted by molar-refractivity contribution is 7.71. The molecule has 4 heterocycles. The van der Waals surface area contributed by atoms with Crippen molar-refractivity contribution in [1.82, 2.24) is 39.5 Å². The van der Waals surface area contributed by atoms with Crippen LogP contribution < -0.4 is 9.47 Å². The minimum Gasteiger partial charge on any atom is -0.470 e. The number of alkyl halides is 1. The Balaban J connectivity index is 0.000000167. The van der Waals surface area contributed by atoms with E-state index >= 15 is 4.39 Å². The Labute approximate surface area is 445 Å². The normalized spacial score (nSPS) is 15.4. The van der Waals surface area contributed by atoms with E-state index in [0.717, 1.165) is 36.2 Å². The van der Waals surface area contributed by atoms with Crippen molar-refractivity contribution in [3.05, 3.63) is 165 Å². The van der Waals surface area contributed by atoms with Gasteiger partial charge in [0.25, 0.3) is 17.7 Å². The average molecular weight is 1100 g/mol. The van der Waals surface area contributed by atoms with Crippen molar-refractivity contribution >= 4 is 70.2 Å². The Bertz CT molecular complexity index is 3040. The molecule has 1 aliphatic heterocycles. The van der Waals surface area contributed by atoms with E-state index < -0.39 is 21.9 Å². The first kappa shape index (κ1) is 54.6. The third kappa shape index (κ3) is 14.5. The molecule has 0 bridgehead atoms. The minimum absolute atomic E-state index is 0.0973. The smallest absolute Gasteiger partial charge is 0.280 e. The van der Waals surface area contributed by atoms with Gasteiger partial charge in [-0.25, -0.2) is 9.97 Å². The quantitative estimate of drug-likeness (QED) is 0.0317. The van der Waals surface area contributed by atoms with Gasteiger partial charge in [0.05, 0.1) is 34.2 Å². The first-order chi connectivity index (χ1) is 35.1. The zero-order valence-electron chi connectivity index (χ0n) is 39.7. The van der Waals surface area contributed by atoms with Gasteiger partial charge in [0.2, 0.25) is 10.6 Å². The van der Waals surface area contributed by atoms with Crippen LogP contribution in [0, 0.1) is 16.5 Å². The molecular formula is C50H51Cl4FN10O7S. The van der Waals surface area contributed by atoms with Crippen LogP contribution >= 0.6 is 58.6 Å². The van der Waals surface area contributed by atoms with E-state index in [0.29, 0.717) is 46.4 Å². The van der Waals surface area contributed by atoms with Crippen LogP contribution in [0.4, 0.5) is 4.39 Å². The summed E-state index contributed by atoms with van der Waals surface area (Å²) in [6, 6.07) is 28.6. The van der Waals surface area contributed by atoms with Crippen LogP contribution in [0.25, 0.3) is 0 Å². The molecule has 73 heavy (non-hydrogen) atoms. The summed E-state index contributed by atoms with van der Waals surface area (Å²) < 4.78 is 35.5. The molecule has 3 aromatic heterocycles. The number of hydrogen-bond donors (Lipinski definition) is 3. The number of H-pyrrole nitrogens is 1. The Morgan fingerprint density at radius 2 is 1.55 bits per heavy atom. The first-order valence-corrected chi connectivity index (χ1v) is 24.7. The molecule has 2 atom stereocenters. The molecule has 1 aliphatic carbocycles. The second kappa shape index (κ2) is 25.2. The van der Waals surface area contributed by atoms with Gasteiger partial charge in [0.1, 0.15) is 56.1 Å². The number of aryl methyl sites for hydroxylation is 1. The van der Waals surface area contributed by atoms with Crippen molar-refractivity contribution in [2.45, 2.75) is 75.1 Å². The molecule has 2 unspecified atom stereocenters. The SMILES string of the molecule is CC(C)C(O)(CCc1ccc(Cl)cc1)Cn1cncn1.CO/N=C(\C1=NOCCO1)c1ccccc1Oc1ncnc(Oc2ccccc2Cl)c1F.OC(Cc1ccccc1Cl)(Cn1[nH]cnc1=S)C1(Cl)CC1. The van der Waals surface area contributed by atoms with Gasteiger partial charge in [-0.2, -0.15) is 19.5 Å². The lowest BCUT2D eigenvalue weighted by Crippen LogP contribution is -2.47. The molecule has 1 saturated carbocycles. The third-order valence-electron chi connectivity index (χ3n) is 11.8. The monoisotopic (exact) mass is 1090 g/mol. The number of rotatable bonds is 18. The van der Waals surface area contributed by atoms with E-state index in [4.69, 9.17) is 82.5 Å². The molecule has 4 aromatic carbocycles. The fraction of sp³-hybridized carbons (Fsp3) is 0.320. The zero-order chi connectivity index (χ0) is 52.0. The number of hydrogen-bond acceptors (Lipinski definition) is 15. The highest BCUT2D eigenvalue weighted by Crippen LogP contribution is 2.53. The van der Waals surface area contributed by atoms with Gasteiger partial charge < -0.3 is 34.1 Å². The van der Waals surface area contributed by atoms with E-state index in [1.165, 1.54) is 25.3 Å². The Kier molecular flexibility index (Phi) is 18.8. The van der Waals surface area contributed by atoms with Crippen LogP contribution in [-0.4, -0.2) is 97.7 Å². The number of aromatic nitrogens is 8. The van der Waals surface area contributed by atoms with Crippen LogP contribution in [0.2, 0.25) is 15.1 Å². The minimum atomic E-state index is -1.13. The lowest BCUT2D eigenvalue weighted by molar-refractivity contribution is -0.0309. The number of aromatic amines is 1. The second-order valence-electron chi connectivity index (χ2n) is 17.1. The van der Waals surface area contributed by atoms with Crippen molar-refractivity contribution in [1.29, 1.82) is 0 Å². The summed E-state index contributed by atoms with van der Waals surface area (Å²) in [7, 11) is 1.37. The number of oxime groups is 2. The van der Waals surface area contributed by atoms with Gasteiger partial charge in [-0.05, 0) is 103 Å². The zero-order valence-corrected chi connectivity index (χ0v) is 43.6. The fourth-order valence-electron chi connectivity index (χ4n) is 7.38. The fourth-order valence-corrected chi connectivity index (χ4v) is 8.27. The Morgan fingerprint density at radius 3 is 2.15 bits per heavy atom. The lowest BCUT2D eigenvalue weighted by atomic mass is 9.84. The van der Waals surface area contributed by atoms with Crippen molar-refractivity contribution < 1.29 is 38.5 Å². The van der Waals surface area contributed by atoms with E-state index in [1.54, 1.807) is 64.2 Å². The predicted molar refractivity (Wildman–Crippen MR) is 278 cm³/mol. The number of benzene rings is 4. The summed E-state index contributed by atoms with van der Waals surface area (Å²) in [6.45, 7) is 5.37. The number of nitrogens with one attached hydrogen (secondary N) is 1. The number of nitrogens with zero attached hydrogens (tertiary/aromatic N) is 9. The Hall–Kier alpha value is -6.19. The van der Waals surface area contributed by atoms with Crippen LogP contribution in [0.1, 0.15) is 49.8 Å². The number of para-hydroxylation sites is 2. The van der Waals surface area contributed by atoms with Gasteiger partial charge in [-0.15, -0.1) is 11.6 Å². The summed E-state index contributed by atoms with van der Waals surface area (Å²) in [5, 5.41) is 38.5. The van der Waals surface area contributed by atoms with Crippen molar-refractivity contribution in [2.24, 2.45) is 16.2 Å². The third-order valence-corrected chi connectivity index (χ3v) is 13.8. The number of aliphatic hydroxyl groups is 2. The largest absolute Gasteiger partial charge is 0.470 e. The van der Waals surface area contributed by atoms with Crippen LogP contribution in [-0.2, 0) is 40.3 Å². The van der Waals surface area contributed by atoms with E-state index in [9.17, 15) is 10.2 Å². The molecular weight excluding hydrogens is 1050 g/mol. The summed E-state index contributed by atoms with van der Waals surface area (Å²) in [6.07, 6.45) is 9.14. The van der Waals surface area contributed by atoms with Gasteiger partial charge in [0.15, 0.2) is 12.3 Å². The summed E-state index contributed by atoms with van der Waals surface area (Å²) in [5.74, 6) is -0.948. The molecule has 2 aliphatic rings. The molecule has 0 amide bonds. The van der Waals surface area contributed by atoms with Crippen LogP contribution in [0.5, 0.6) is 23.3 Å². The van der Waals surface area contributed by atoms with Crippen molar-refractivity contribution in [3.8, 4) is 23.3 Å².